The number of para-hydroxylation sites is 1. The number of anilines is 2. The molecular weight excluding hydrogens is 508 g/mol. The molecule has 0 atom stereocenters. The lowest BCUT2D eigenvalue weighted by atomic mass is 10.1. The minimum Gasteiger partial charge on any atom is -0.372 e. The standard InChI is InChI=1S/C28H25ClN4OS2/c1-3-32(4-2)21-13-9-19(10-14-21)17-23-25(18-35-22-15-11-20(29)12-16-22)31-33(27(23)34)28-30-24-7-5-6-8-26(24)36-28/h5-17H,3-4,18H2,1-2H3. The fraction of sp³-hybridized carbons (Fsp3) is 0.179. The van der Waals surface area contributed by atoms with Gasteiger partial charge in [0.1, 0.15) is 0 Å². The SMILES string of the molecule is CCN(CC)c1ccc(C=C2C(=O)N(c3nc4ccccc4s3)N=C2CSc2ccc(Cl)cc2)cc1. The predicted molar refractivity (Wildman–Crippen MR) is 155 cm³/mol. The molecule has 5 nitrogen and oxygen atoms in total. The Morgan fingerprint density at radius 2 is 1.72 bits per heavy atom. The molecule has 182 valence electrons. The summed E-state index contributed by atoms with van der Waals surface area (Å²) in [4.78, 5) is 21.6. The van der Waals surface area contributed by atoms with Gasteiger partial charge in [-0.1, -0.05) is 47.2 Å². The van der Waals surface area contributed by atoms with E-state index in [1.807, 2.05) is 54.6 Å². The van der Waals surface area contributed by atoms with Crippen LogP contribution in [-0.4, -0.2) is 35.4 Å². The number of halogens is 1. The van der Waals surface area contributed by atoms with E-state index in [1.165, 1.54) is 22.0 Å². The van der Waals surface area contributed by atoms with E-state index in [1.54, 1.807) is 11.8 Å². The van der Waals surface area contributed by atoms with Crippen molar-refractivity contribution in [1.82, 2.24) is 4.98 Å². The second-order valence-corrected chi connectivity index (χ2v) is 10.7. The summed E-state index contributed by atoms with van der Waals surface area (Å²) in [5.74, 6) is 0.395. The van der Waals surface area contributed by atoms with Crippen molar-refractivity contribution in [2.24, 2.45) is 5.10 Å². The van der Waals surface area contributed by atoms with Crippen molar-refractivity contribution in [3.63, 3.8) is 0 Å². The number of carbonyl (C=O) groups excluding carboxylic acids is 1. The quantitative estimate of drug-likeness (QED) is 0.175. The van der Waals surface area contributed by atoms with Crippen LogP contribution in [0.25, 0.3) is 16.3 Å². The van der Waals surface area contributed by atoms with Crippen LogP contribution in [0.2, 0.25) is 5.02 Å². The Balaban J connectivity index is 1.47. The summed E-state index contributed by atoms with van der Waals surface area (Å²) in [6.07, 6.45) is 1.93. The minimum absolute atomic E-state index is 0.159. The molecule has 0 unspecified atom stereocenters. The number of thiazole rings is 1. The molecule has 0 fully saturated rings. The van der Waals surface area contributed by atoms with Gasteiger partial charge in [-0.2, -0.15) is 10.1 Å². The topological polar surface area (TPSA) is 48.8 Å². The van der Waals surface area contributed by atoms with Crippen molar-refractivity contribution >= 4 is 73.4 Å². The zero-order valence-corrected chi connectivity index (χ0v) is 22.4. The third kappa shape index (κ3) is 5.19. The van der Waals surface area contributed by atoms with Gasteiger partial charge < -0.3 is 4.90 Å². The molecule has 0 spiro atoms. The summed E-state index contributed by atoms with van der Waals surface area (Å²) >= 11 is 9.13. The molecule has 2 heterocycles. The molecule has 1 aromatic heterocycles. The van der Waals surface area contributed by atoms with Crippen molar-refractivity contribution in [2.45, 2.75) is 18.7 Å². The van der Waals surface area contributed by atoms with Crippen molar-refractivity contribution in [3.8, 4) is 0 Å². The number of hydrogen-bond acceptors (Lipinski definition) is 6. The van der Waals surface area contributed by atoms with Crippen molar-refractivity contribution in [2.75, 3.05) is 28.8 Å². The molecular formula is C28H25ClN4OS2. The molecule has 4 aromatic rings. The largest absolute Gasteiger partial charge is 0.372 e. The number of nitrogens with zero attached hydrogens (tertiary/aromatic N) is 4. The summed E-state index contributed by atoms with van der Waals surface area (Å²) in [5, 5.41) is 7.46. The maximum Gasteiger partial charge on any atom is 0.282 e. The molecule has 5 rings (SSSR count). The molecule has 0 saturated heterocycles. The average molecular weight is 533 g/mol. The van der Waals surface area contributed by atoms with Gasteiger partial charge in [-0.05, 0) is 74.0 Å². The van der Waals surface area contributed by atoms with Gasteiger partial charge in [0.15, 0.2) is 0 Å². The lowest BCUT2D eigenvalue weighted by Gasteiger charge is -2.20. The number of amides is 1. The highest BCUT2D eigenvalue weighted by Gasteiger charge is 2.33. The predicted octanol–water partition coefficient (Wildman–Crippen LogP) is 7.37. The first-order chi connectivity index (χ1) is 17.6. The fourth-order valence-electron chi connectivity index (χ4n) is 4.01. The zero-order valence-electron chi connectivity index (χ0n) is 20.0. The molecule has 1 amide bonds. The third-order valence-corrected chi connectivity index (χ3v) is 8.23. The molecule has 36 heavy (non-hydrogen) atoms. The first kappa shape index (κ1) is 24.6. The highest BCUT2D eigenvalue weighted by molar-refractivity contribution is 8.00. The first-order valence-electron chi connectivity index (χ1n) is 11.8. The van der Waals surface area contributed by atoms with Gasteiger partial charge in [0.25, 0.3) is 5.91 Å². The van der Waals surface area contributed by atoms with Crippen LogP contribution in [-0.2, 0) is 4.79 Å². The van der Waals surface area contributed by atoms with Crippen molar-refractivity contribution in [3.05, 3.63) is 89.0 Å². The summed E-state index contributed by atoms with van der Waals surface area (Å²) in [5.41, 5.74) is 4.31. The Kier molecular flexibility index (Phi) is 7.41. The lowest BCUT2D eigenvalue weighted by Crippen LogP contribution is -2.21. The van der Waals surface area contributed by atoms with Gasteiger partial charge >= 0.3 is 0 Å². The van der Waals surface area contributed by atoms with Gasteiger partial charge in [-0.3, -0.25) is 4.79 Å². The van der Waals surface area contributed by atoms with E-state index in [2.05, 4.69) is 48.0 Å². The Labute approximate surface area is 224 Å². The van der Waals surface area contributed by atoms with Crippen LogP contribution >= 0.6 is 34.7 Å². The lowest BCUT2D eigenvalue weighted by molar-refractivity contribution is -0.114. The molecule has 1 aliphatic rings. The minimum atomic E-state index is -0.159. The first-order valence-corrected chi connectivity index (χ1v) is 14.0. The Morgan fingerprint density at radius 1 is 1.00 bits per heavy atom. The van der Waals surface area contributed by atoms with E-state index in [0.29, 0.717) is 21.5 Å². The zero-order chi connectivity index (χ0) is 25.1. The van der Waals surface area contributed by atoms with Gasteiger partial charge in [0, 0.05) is 34.4 Å². The summed E-state index contributed by atoms with van der Waals surface area (Å²) in [6, 6.07) is 23.9. The second-order valence-electron chi connectivity index (χ2n) is 8.19. The van der Waals surface area contributed by atoms with Crippen LogP contribution in [0, 0.1) is 0 Å². The Bertz CT molecular complexity index is 1410. The number of fused-ring (bicyclic) bond motifs is 1. The van der Waals surface area contributed by atoms with Crippen LogP contribution in [0.5, 0.6) is 0 Å². The summed E-state index contributed by atoms with van der Waals surface area (Å²) in [7, 11) is 0. The highest BCUT2D eigenvalue weighted by Crippen LogP contribution is 2.34. The van der Waals surface area contributed by atoms with Gasteiger partial charge in [-0.15, -0.1) is 11.8 Å². The van der Waals surface area contributed by atoms with Gasteiger partial charge in [0.2, 0.25) is 5.13 Å². The fourth-order valence-corrected chi connectivity index (χ4v) is 5.90. The van der Waals surface area contributed by atoms with Crippen LogP contribution in [0.15, 0.2) is 88.4 Å². The Morgan fingerprint density at radius 3 is 2.42 bits per heavy atom. The smallest absolute Gasteiger partial charge is 0.282 e. The number of thioether (sulfide) groups is 1. The van der Waals surface area contributed by atoms with E-state index in [0.717, 1.165) is 39.5 Å². The maximum absolute atomic E-state index is 13.6. The Hall–Kier alpha value is -3.13. The molecule has 0 N–H and O–H groups in total. The van der Waals surface area contributed by atoms with Gasteiger partial charge in [0.05, 0.1) is 21.5 Å². The number of hydrogen-bond donors (Lipinski definition) is 0. The summed E-state index contributed by atoms with van der Waals surface area (Å²) < 4.78 is 1.03. The number of rotatable bonds is 8. The molecule has 0 saturated carbocycles. The normalized spacial score (nSPS) is 14.6. The van der Waals surface area contributed by atoms with E-state index >= 15 is 0 Å². The third-order valence-electron chi connectivity index (χ3n) is 5.94. The van der Waals surface area contributed by atoms with Gasteiger partial charge in [-0.25, -0.2) is 4.98 Å². The molecule has 8 heteroatoms. The van der Waals surface area contributed by atoms with E-state index in [9.17, 15) is 4.79 Å². The molecule has 0 bridgehead atoms. The maximum atomic E-state index is 13.6. The van der Waals surface area contributed by atoms with Crippen LogP contribution < -0.4 is 9.91 Å². The molecule has 0 radical (unpaired) electrons. The number of aromatic nitrogens is 1. The van der Waals surface area contributed by atoms with Crippen LogP contribution in [0.1, 0.15) is 19.4 Å². The van der Waals surface area contributed by atoms with Crippen molar-refractivity contribution in [1.29, 1.82) is 0 Å². The van der Waals surface area contributed by atoms with E-state index in [4.69, 9.17) is 16.7 Å². The molecule has 1 aliphatic heterocycles. The number of carbonyl (C=O) groups is 1. The number of benzene rings is 3. The average Bonchev–Trinajstić information content (AvgIpc) is 3.46. The monoisotopic (exact) mass is 532 g/mol. The van der Waals surface area contributed by atoms with Crippen LogP contribution in [0.3, 0.4) is 0 Å². The van der Waals surface area contributed by atoms with Crippen LogP contribution in [0.4, 0.5) is 10.8 Å². The molecule has 3 aromatic carbocycles. The van der Waals surface area contributed by atoms with E-state index < -0.39 is 0 Å². The van der Waals surface area contributed by atoms with E-state index in [-0.39, 0.29) is 5.91 Å². The summed E-state index contributed by atoms with van der Waals surface area (Å²) in [6.45, 7) is 6.19. The second kappa shape index (κ2) is 10.9. The highest BCUT2D eigenvalue weighted by atomic mass is 35.5. The molecule has 0 aliphatic carbocycles. The number of hydrazone groups is 1. The van der Waals surface area contributed by atoms with Crippen molar-refractivity contribution < 1.29 is 4.79 Å².